The Balaban J connectivity index is 1.33. The molecular formula is C29H23N3. The summed E-state index contributed by atoms with van der Waals surface area (Å²) in [6.07, 6.45) is 25.6. The van der Waals surface area contributed by atoms with Crippen LogP contribution in [0.4, 0.5) is 5.69 Å². The number of anilines is 1. The summed E-state index contributed by atoms with van der Waals surface area (Å²) in [5.41, 5.74) is 8.06. The van der Waals surface area contributed by atoms with Gasteiger partial charge in [0.25, 0.3) is 0 Å². The summed E-state index contributed by atoms with van der Waals surface area (Å²) in [7, 11) is 0. The third kappa shape index (κ3) is 2.92. The first kappa shape index (κ1) is 18.8. The van der Waals surface area contributed by atoms with Crippen molar-refractivity contribution >= 4 is 11.3 Å². The molecule has 1 aromatic carbocycles. The topological polar surface area (TPSA) is 39.9 Å². The predicted molar refractivity (Wildman–Crippen MR) is 129 cm³/mol. The molecule has 0 amide bonds. The molecule has 0 spiro atoms. The van der Waals surface area contributed by atoms with Crippen LogP contribution in [0.3, 0.4) is 0 Å². The van der Waals surface area contributed by atoms with Crippen LogP contribution < -0.4 is 4.90 Å². The van der Waals surface area contributed by atoms with E-state index < -0.39 is 0 Å². The first-order chi connectivity index (χ1) is 15.8. The molecule has 6 rings (SSSR count). The Hall–Kier alpha value is -3.90. The molecule has 1 aromatic heterocycles. The number of aromatic nitrogens is 1. The molecule has 2 aromatic rings. The van der Waals surface area contributed by atoms with E-state index in [1.807, 2.05) is 6.20 Å². The highest BCUT2D eigenvalue weighted by Gasteiger charge is 2.39. The molecule has 0 N–H and O–H groups in total. The van der Waals surface area contributed by atoms with Crippen molar-refractivity contribution in [3.8, 4) is 6.07 Å². The normalized spacial score (nSPS) is 25.0. The van der Waals surface area contributed by atoms with Crippen molar-refractivity contribution in [2.45, 2.75) is 30.8 Å². The average molecular weight is 414 g/mol. The monoisotopic (exact) mass is 413 g/mol. The number of nitriles is 1. The summed E-state index contributed by atoms with van der Waals surface area (Å²) in [6, 6.07) is 13.6. The van der Waals surface area contributed by atoms with Gasteiger partial charge in [-0.05, 0) is 47.3 Å². The lowest BCUT2D eigenvalue weighted by Gasteiger charge is -2.36. The van der Waals surface area contributed by atoms with Crippen molar-refractivity contribution < 1.29 is 0 Å². The molecule has 0 bridgehead atoms. The molecule has 32 heavy (non-hydrogen) atoms. The summed E-state index contributed by atoms with van der Waals surface area (Å²) in [4.78, 5) is 6.88. The fourth-order valence-electron chi connectivity index (χ4n) is 5.55. The lowest BCUT2D eigenvalue weighted by Crippen LogP contribution is -2.41. The van der Waals surface area contributed by atoms with Crippen molar-refractivity contribution in [2.24, 2.45) is 0 Å². The van der Waals surface area contributed by atoms with E-state index in [0.717, 1.165) is 24.0 Å². The highest BCUT2D eigenvalue weighted by Crippen LogP contribution is 2.47. The second kappa shape index (κ2) is 7.66. The van der Waals surface area contributed by atoms with Crippen LogP contribution in [0.1, 0.15) is 35.4 Å². The molecule has 0 saturated heterocycles. The molecule has 3 nitrogen and oxygen atoms in total. The van der Waals surface area contributed by atoms with Crippen molar-refractivity contribution in [2.75, 3.05) is 4.90 Å². The molecule has 154 valence electrons. The summed E-state index contributed by atoms with van der Waals surface area (Å²) in [6.45, 7) is 0. The van der Waals surface area contributed by atoms with Crippen LogP contribution in [0.15, 0.2) is 109 Å². The van der Waals surface area contributed by atoms with Crippen LogP contribution >= 0.6 is 0 Å². The van der Waals surface area contributed by atoms with Crippen LogP contribution in [-0.4, -0.2) is 17.1 Å². The van der Waals surface area contributed by atoms with Crippen LogP contribution in [-0.2, 0) is 0 Å². The first-order valence-electron chi connectivity index (χ1n) is 11.2. The second-order valence-electron chi connectivity index (χ2n) is 8.60. The molecule has 3 heteroatoms. The van der Waals surface area contributed by atoms with E-state index in [2.05, 4.69) is 94.9 Å². The molecule has 2 heterocycles. The highest BCUT2D eigenvalue weighted by molar-refractivity contribution is 5.88. The highest BCUT2D eigenvalue weighted by atomic mass is 15.2. The number of allylic oxidation sites excluding steroid dienone is 8. The fraction of sp³-hybridized carbons (Fsp3) is 0.172. The molecular weight excluding hydrogens is 390 g/mol. The van der Waals surface area contributed by atoms with Gasteiger partial charge in [-0.2, -0.15) is 5.26 Å². The van der Waals surface area contributed by atoms with Crippen LogP contribution in [0, 0.1) is 11.3 Å². The number of para-hydroxylation sites is 1. The standard InChI is InChI=1S/C29H23N3/c30-18-21-15-16-31-19-27(21)24-12-6-11-23(24)20-7-5-8-22(17-20)32-28-13-3-1-9-25(28)26-10-2-4-14-29(26)32/h1-5,7-16,19,22,25,28H,6,17H2. The number of nitrogens with zero attached hydrogens (tertiary/aromatic N) is 3. The van der Waals surface area contributed by atoms with Gasteiger partial charge in [0.15, 0.2) is 0 Å². The van der Waals surface area contributed by atoms with E-state index in [4.69, 9.17) is 0 Å². The SMILES string of the molecule is N#Cc1ccncc1C1=CCC=C1C1=CC=CC(N2c3ccccc3C3C=CC=CC32)C1. The fourth-order valence-corrected chi connectivity index (χ4v) is 5.55. The number of benzene rings is 1. The van der Waals surface area contributed by atoms with Gasteiger partial charge in [0.1, 0.15) is 0 Å². The third-order valence-electron chi connectivity index (χ3n) is 6.93. The number of hydrogen-bond donors (Lipinski definition) is 0. The van der Waals surface area contributed by atoms with Gasteiger partial charge < -0.3 is 4.90 Å². The summed E-state index contributed by atoms with van der Waals surface area (Å²) < 4.78 is 0. The van der Waals surface area contributed by atoms with E-state index in [-0.39, 0.29) is 6.04 Å². The zero-order valence-corrected chi connectivity index (χ0v) is 17.7. The number of fused-ring (bicyclic) bond motifs is 3. The van der Waals surface area contributed by atoms with Crippen molar-refractivity contribution in [3.63, 3.8) is 0 Å². The first-order valence-corrected chi connectivity index (χ1v) is 11.2. The van der Waals surface area contributed by atoms with E-state index in [1.54, 1.807) is 12.3 Å². The Kier molecular flexibility index (Phi) is 4.51. The maximum Gasteiger partial charge on any atom is 0.0999 e. The maximum absolute atomic E-state index is 9.60. The lowest BCUT2D eigenvalue weighted by atomic mass is 9.86. The zero-order valence-electron chi connectivity index (χ0n) is 17.7. The minimum absolute atomic E-state index is 0.286. The van der Waals surface area contributed by atoms with Gasteiger partial charge in [-0.1, -0.05) is 72.9 Å². The van der Waals surface area contributed by atoms with E-state index in [1.165, 1.54) is 22.4 Å². The Morgan fingerprint density at radius 1 is 0.969 bits per heavy atom. The predicted octanol–water partition coefficient (Wildman–Crippen LogP) is 6.02. The Bertz CT molecular complexity index is 1310. The van der Waals surface area contributed by atoms with Gasteiger partial charge >= 0.3 is 0 Å². The minimum atomic E-state index is 0.286. The second-order valence-corrected chi connectivity index (χ2v) is 8.60. The van der Waals surface area contributed by atoms with E-state index in [0.29, 0.717) is 17.5 Å². The largest absolute Gasteiger partial charge is 0.357 e. The van der Waals surface area contributed by atoms with Crippen LogP contribution in [0.2, 0.25) is 0 Å². The summed E-state index contributed by atoms with van der Waals surface area (Å²) in [5, 5.41) is 9.60. The van der Waals surface area contributed by atoms with Crippen molar-refractivity contribution in [3.05, 3.63) is 125 Å². The average Bonchev–Trinajstić information content (AvgIpc) is 3.47. The smallest absolute Gasteiger partial charge is 0.0999 e. The van der Waals surface area contributed by atoms with Gasteiger partial charge in [-0.25, -0.2) is 0 Å². The Morgan fingerprint density at radius 2 is 1.84 bits per heavy atom. The molecule has 0 saturated carbocycles. The zero-order chi connectivity index (χ0) is 21.5. The molecule has 1 aliphatic heterocycles. The molecule has 3 aliphatic carbocycles. The molecule has 0 fully saturated rings. The van der Waals surface area contributed by atoms with Crippen molar-refractivity contribution in [1.29, 1.82) is 5.26 Å². The third-order valence-corrected chi connectivity index (χ3v) is 6.93. The quantitative estimate of drug-likeness (QED) is 0.618. The van der Waals surface area contributed by atoms with Gasteiger partial charge in [-0.3, -0.25) is 4.98 Å². The van der Waals surface area contributed by atoms with Crippen molar-refractivity contribution in [1.82, 2.24) is 4.98 Å². The lowest BCUT2D eigenvalue weighted by molar-refractivity contribution is 0.607. The number of pyridine rings is 1. The molecule has 3 atom stereocenters. The minimum Gasteiger partial charge on any atom is -0.357 e. The number of hydrogen-bond acceptors (Lipinski definition) is 3. The summed E-state index contributed by atoms with van der Waals surface area (Å²) >= 11 is 0. The van der Waals surface area contributed by atoms with Crippen LogP contribution in [0.25, 0.3) is 5.57 Å². The molecule has 0 radical (unpaired) electrons. The van der Waals surface area contributed by atoms with E-state index >= 15 is 0 Å². The van der Waals surface area contributed by atoms with Gasteiger partial charge in [-0.15, -0.1) is 0 Å². The Labute approximate surface area is 188 Å². The maximum atomic E-state index is 9.60. The summed E-state index contributed by atoms with van der Waals surface area (Å²) in [5.74, 6) is 0.411. The van der Waals surface area contributed by atoms with Gasteiger partial charge in [0.05, 0.1) is 23.7 Å². The molecule has 3 unspecified atom stereocenters. The van der Waals surface area contributed by atoms with Gasteiger partial charge in [0, 0.05) is 29.6 Å². The van der Waals surface area contributed by atoms with Gasteiger partial charge in [0.2, 0.25) is 0 Å². The van der Waals surface area contributed by atoms with E-state index in [9.17, 15) is 5.26 Å². The molecule has 4 aliphatic rings. The number of rotatable bonds is 3. The Morgan fingerprint density at radius 3 is 2.78 bits per heavy atom. The van der Waals surface area contributed by atoms with Crippen LogP contribution in [0.5, 0.6) is 0 Å².